The summed E-state index contributed by atoms with van der Waals surface area (Å²) < 4.78 is 29.6. The van der Waals surface area contributed by atoms with Crippen molar-refractivity contribution in [2.45, 2.75) is 23.2 Å². The van der Waals surface area contributed by atoms with Crippen LogP contribution in [-0.4, -0.2) is 57.9 Å². The average molecular weight is 421 g/mol. The molecule has 142 valence electrons. The number of fused-ring (bicyclic) bond motifs is 1. The summed E-state index contributed by atoms with van der Waals surface area (Å²) >= 11 is 7.09. The van der Waals surface area contributed by atoms with Gasteiger partial charge in [0.2, 0.25) is 5.91 Å². The van der Waals surface area contributed by atoms with E-state index in [1.54, 1.807) is 12.1 Å². The van der Waals surface area contributed by atoms with Gasteiger partial charge in [-0.05, 0) is 24.6 Å². The summed E-state index contributed by atoms with van der Waals surface area (Å²) in [6.07, 6.45) is 0. The molecule has 0 bridgehead atoms. The van der Waals surface area contributed by atoms with Crippen molar-refractivity contribution in [3.05, 3.63) is 41.1 Å². The molecule has 3 rings (SSSR count). The molecule has 0 radical (unpaired) electrons. The van der Waals surface area contributed by atoms with Crippen LogP contribution < -0.4 is 5.73 Å². The summed E-state index contributed by atoms with van der Waals surface area (Å²) in [7, 11) is -4.02. The zero-order chi connectivity index (χ0) is 19.6. The molecule has 2 heterocycles. The van der Waals surface area contributed by atoms with Gasteiger partial charge in [-0.15, -0.1) is 23.4 Å². The van der Waals surface area contributed by atoms with E-state index in [2.05, 4.69) is 0 Å². The van der Waals surface area contributed by atoms with E-state index >= 15 is 0 Å². The summed E-state index contributed by atoms with van der Waals surface area (Å²) in [5.41, 5.74) is 7.11. The number of carboxylic acid groups (broad SMARTS) is 1. The first kappa shape index (κ1) is 20.7. The molecular weight excluding hydrogens is 404 g/mol. The van der Waals surface area contributed by atoms with Gasteiger partial charge in [0.05, 0.1) is 4.90 Å². The lowest BCUT2D eigenvalue weighted by Gasteiger charge is -2.47. The Labute approximate surface area is 159 Å². The zero-order valence-corrected chi connectivity index (χ0v) is 16.0. The molecule has 0 saturated carbocycles. The lowest BCUT2D eigenvalue weighted by Crippen LogP contribution is -2.68. The van der Waals surface area contributed by atoms with Crippen LogP contribution in [0.4, 0.5) is 0 Å². The average Bonchev–Trinajstić information content (AvgIpc) is 2.59. The highest BCUT2D eigenvalue weighted by molar-refractivity contribution is 8.00. The number of hydrogen-bond donors (Lipinski definition) is 3. The summed E-state index contributed by atoms with van der Waals surface area (Å²) in [6, 6.07) is 5.41. The first-order valence-electron chi connectivity index (χ1n) is 7.33. The topological polar surface area (TPSA) is 138 Å². The summed E-state index contributed by atoms with van der Waals surface area (Å²) in [5, 5.41) is 8.77. The van der Waals surface area contributed by atoms with Gasteiger partial charge in [0.1, 0.15) is 17.1 Å². The second-order valence-electron chi connectivity index (χ2n) is 5.61. The molecule has 4 N–H and O–H groups in total. The minimum Gasteiger partial charge on any atom is -0.477 e. The molecular formula is C15H17ClN2O6S2. The molecule has 11 heteroatoms. The maximum atomic E-state index is 11.4. The summed E-state index contributed by atoms with van der Waals surface area (Å²) in [4.78, 5) is 23.6. The number of alkyl halides is 1. The number of carbonyl (C=O) groups excluding carboxylic acids is 1. The Bertz CT molecular complexity index is 853. The van der Waals surface area contributed by atoms with E-state index < -0.39 is 22.1 Å². The van der Waals surface area contributed by atoms with Gasteiger partial charge in [0.15, 0.2) is 0 Å². The highest BCUT2D eigenvalue weighted by atomic mass is 35.5. The molecule has 0 aliphatic carbocycles. The molecule has 1 aromatic carbocycles. The molecule has 0 aromatic heterocycles. The fraction of sp³-hybridized carbons (Fsp3) is 0.333. The van der Waals surface area contributed by atoms with Crippen molar-refractivity contribution in [2.24, 2.45) is 5.73 Å². The third kappa shape index (κ3) is 4.21. The van der Waals surface area contributed by atoms with E-state index in [-0.39, 0.29) is 27.8 Å². The number of thioether (sulfide) groups is 1. The lowest BCUT2D eigenvalue weighted by molar-refractivity contribution is -0.147. The first-order chi connectivity index (χ1) is 12.1. The van der Waals surface area contributed by atoms with Crippen molar-refractivity contribution >= 4 is 45.4 Å². The van der Waals surface area contributed by atoms with Gasteiger partial charge in [0, 0.05) is 11.6 Å². The van der Waals surface area contributed by atoms with Gasteiger partial charge in [-0.2, -0.15) is 8.42 Å². The van der Waals surface area contributed by atoms with E-state index in [1.165, 1.54) is 28.8 Å². The van der Waals surface area contributed by atoms with E-state index in [9.17, 15) is 18.0 Å². The van der Waals surface area contributed by atoms with Crippen molar-refractivity contribution in [1.82, 2.24) is 4.90 Å². The number of amides is 1. The van der Waals surface area contributed by atoms with E-state index in [4.69, 9.17) is 27.0 Å². The molecule has 8 nitrogen and oxygen atoms in total. The summed E-state index contributed by atoms with van der Waals surface area (Å²) in [6.45, 7) is 1.84. The number of carboxylic acids is 1. The number of benzene rings is 1. The third-order valence-corrected chi connectivity index (χ3v) is 6.32. The quantitative estimate of drug-likeness (QED) is 0.374. The molecule has 1 amide bonds. The van der Waals surface area contributed by atoms with Crippen molar-refractivity contribution in [1.29, 1.82) is 0 Å². The molecule has 2 atom stereocenters. The highest BCUT2D eigenvalue weighted by Gasteiger charge is 2.51. The molecule has 0 unspecified atom stereocenters. The third-order valence-electron chi connectivity index (χ3n) is 3.77. The number of aliphatic carboxylic acids is 1. The maximum Gasteiger partial charge on any atom is 0.352 e. The SMILES string of the molecule is Cc1ccc(S(=O)(=O)O)cc1.N[C@@H]1C(=O)N2C(C(=O)O)=C(CCl)CS[C@H]12. The van der Waals surface area contributed by atoms with Gasteiger partial charge in [-0.3, -0.25) is 14.2 Å². The summed E-state index contributed by atoms with van der Waals surface area (Å²) in [5.74, 6) is -0.809. The van der Waals surface area contributed by atoms with Crippen LogP contribution in [-0.2, 0) is 19.7 Å². The molecule has 26 heavy (non-hydrogen) atoms. The Kier molecular flexibility index (Phi) is 6.35. The molecule has 2 aliphatic rings. The number of nitrogens with zero attached hydrogens (tertiary/aromatic N) is 1. The Balaban J connectivity index is 0.000000197. The van der Waals surface area contributed by atoms with Crippen LogP contribution in [0.2, 0.25) is 0 Å². The Morgan fingerprint density at radius 1 is 1.38 bits per heavy atom. The van der Waals surface area contributed by atoms with Crippen molar-refractivity contribution in [3.63, 3.8) is 0 Å². The monoisotopic (exact) mass is 420 g/mol. The Morgan fingerprint density at radius 2 is 1.96 bits per heavy atom. The normalized spacial score (nSPS) is 22.2. The number of carbonyl (C=O) groups is 2. The maximum absolute atomic E-state index is 11.4. The van der Waals surface area contributed by atoms with Gasteiger partial charge >= 0.3 is 5.97 Å². The molecule has 1 fully saturated rings. The minimum absolute atomic E-state index is 0.0143. The van der Waals surface area contributed by atoms with Crippen LogP contribution in [0.15, 0.2) is 40.4 Å². The minimum atomic E-state index is -4.02. The molecule has 1 saturated heterocycles. The Hall–Kier alpha value is -1.59. The fourth-order valence-corrected chi connectivity index (χ4v) is 4.50. The standard InChI is InChI=1S/C8H9ClN2O3S.C7H8O3S/c9-1-3-2-15-7-4(10)6(12)11(7)5(3)8(13)14;1-6-2-4-7(5-3-6)11(8,9)10/h4,7H,1-2,10H2,(H,13,14);2-5H,1H3,(H,8,9,10)/t4-,7-;/m1./s1. The molecule has 1 aromatic rings. The van der Waals surface area contributed by atoms with Crippen molar-refractivity contribution < 1.29 is 27.7 Å². The smallest absolute Gasteiger partial charge is 0.352 e. The largest absolute Gasteiger partial charge is 0.477 e. The highest BCUT2D eigenvalue weighted by Crippen LogP contribution is 2.39. The van der Waals surface area contributed by atoms with E-state index in [0.717, 1.165) is 5.56 Å². The lowest BCUT2D eigenvalue weighted by atomic mass is 10.0. The van der Waals surface area contributed by atoms with E-state index in [0.29, 0.717) is 11.3 Å². The van der Waals surface area contributed by atoms with Crippen LogP contribution in [0.25, 0.3) is 0 Å². The van der Waals surface area contributed by atoms with Gasteiger partial charge in [-0.25, -0.2) is 4.79 Å². The van der Waals surface area contributed by atoms with Gasteiger partial charge in [-0.1, -0.05) is 17.7 Å². The van der Waals surface area contributed by atoms with Crippen LogP contribution in [0.1, 0.15) is 5.56 Å². The van der Waals surface area contributed by atoms with Gasteiger partial charge < -0.3 is 10.8 Å². The molecule has 0 spiro atoms. The predicted molar refractivity (Wildman–Crippen MR) is 97.4 cm³/mol. The molecule has 2 aliphatic heterocycles. The second-order valence-corrected chi connectivity index (χ2v) is 8.41. The predicted octanol–water partition coefficient (Wildman–Crippen LogP) is 1.05. The Morgan fingerprint density at radius 3 is 2.42 bits per heavy atom. The van der Waals surface area contributed by atoms with Gasteiger partial charge in [0.25, 0.3) is 10.1 Å². The first-order valence-corrected chi connectivity index (χ1v) is 10.4. The number of rotatable bonds is 3. The van der Waals surface area contributed by atoms with Crippen LogP contribution in [0.5, 0.6) is 0 Å². The van der Waals surface area contributed by atoms with Crippen LogP contribution in [0.3, 0.4) is 0 Å². The van der Waals surface area contributed by atoms with Crippen LogP contribution in [0, 0.1) is 6.92 Å². The van der Waals surface area contributed by atoms with Crippen molar-refractivity contribution in [3.8, 4) is 0 Å². The van der Waals surface area contributed by atoms with Crippen molar-refractivity contribution in [2.75, 3.05) is 11.6 Å². The number of hydrogen-bond acceptors (Lipinski definition) is 6. The number of β-lactam (4-membered cyclic amide) rings is 1. The fourth-order valence-electron chi connectivity index (χ4n) is 2.39. The number of aryl methyl sites for hydroxylation is 1. The van der Waals surface area contributed by atoms with Crippen LogP contribution >= 0.6 is 23.4 Å². The zero-order valence-electron chi connectivity index (χ0n) is 13.6. The van der Waals surface area contributed by atoms with E-state index in [1.807, 2.05) is 6.92 Å². The number of nitrogens with two attached hydrogens (primary N) is 1. The number of halogens is 1. The second kappa shape index (κ2) is 7.97.